The lowest BCUT2D eigenvalue weighted by Gasteiger charge is -2.17. The minimum Gasteiger partial charge on any atom is -0.493 e. The number of ether oxygens (including phenoxy) is 2. The Kier molecular flexibility index (Phi) is 6.18. The summed E-state index contributed by atoms with van der Waals surface area (Å²) in [7, 11) is 1.63. The maximum absolute atomic E-state index is 5.84. The fourth-order valence-corrected chi connectivity index (χ4v) is 3.40. The smallest absolute Gasteiger partial charge is 0.214 e. The molecule has 3 aromatic rings. The molecule has 0 aliphatic rings. The van der Waals surface area contributed by atoms with Gasteiger partial charge in [-0.2, -0.15) is 5.10 Å². The third-order valence-corrected chi connectivity index (χ3v) is 4.65. The monoisotopic (exact) mass is 448 g/mol. The maximum Gasteiger partial charge on any atom is 0.214 e. The minimum absolute atomic E-state index is 0.0527. The quantitative estimate of drug-likeness (QED) is 0.502. The van der Waals surface area contributed by atoms with Gasteiger partial charge in [0.25, 0.3) is 0 Å². The molecule has 3 rings (SSSR count). The Morgan fingerprint density at radius 2 is 2.00 bits per heavy atom. The van der Waals surface area contributed by atoms with Gasteiger partial charge in [0.1, 0.15) is 0 Å². The predicted octanol–water partition coefficient (Wildman–Crippen LogP) is 4.91. The molecule has 1 aromatic heterocycles. The molecular formula is C19H21BrN4O2S. The zero-order chi connectivity index (χ0) is 19.4. The van der Waals surface area contributed by atoms with Crippen LogP contribution in [0.25, 0.3) is 11.4 Å². The maximum atomic E-state index is 5.84. The van der Waals surface area contributed by atoms with Crippen molar-refractivity contribution in [1.29, 1.82) is 0 Å². The first-order valence-corrected chi connectivity index (χ1v) is 9.69. The van der Waals surface area contributed by atoms with E-state index in [1.165, 1.54) is 0 Å². The molecule has 0 aliphatic carbocycles. The highest BCUT2D eigenvalue weighted by Gasteiger charge is 2.14. The third-order valence-electron chi connectivity index (χ3n) is 3.79. The first kappa shape index (κ1) is 19.4. The lowest BCUT2D eigenvalue weighted by atomic mass is 10.2. The molecule has 0 saturated heterocycles. The second kappa shape index (κ2) is 8.58. The van der Waals surface area contributed by atoms with Gasteiger partial charge in [0, 0.05) is 5.56 Å². The molecule has 2 N–H and O–H groups in total. The zero-order valence-electron chi connectivity index (χ0n) is 15.3. The zero-order valence-corrected chi connectivity index (χ0v) is 17.7. The molecule has 0 bridgehead atoms. The van der Waals surface area contributed by atoms with Crippen LogP contribution in [-0.2, 0) is 6.54 Å². The van der Waals surface area contributed by atoms with Crippen LogP contribution in [0.2, 0.25) is 0 Å². The lowest BCUT2D eigenvalue weighted by Crippen LogP contribution is -2.16. The standard InChI is InChI=1S/C19H21BrN4O2S/c1-12(2)26-17-15(20)9-13(10-16(17)25-3)11-21-24-18(22-23-19(24)27)14-7-5-4-6-8-14/h4-10,12,21H,11H2,1-3H3,(H,23,27). The molecule has 0 unspecified atom stereocenters. The molecule has 27 heavy (non-hydrogen) atoms. The molecule has 8 heteroatoms. The van der Waals surface area contributed by atoms with E-state index in [9.17, 15) is 0 Å². The number of rotatable bonds is 7. The summed E-state index contributed by atoms with van der Waals surface area (Å²) in [6.07, 6.45) is 0.0527. The van der Waals surface area contributed by atoms with Crippen LogP contribution in [-0.4, -0.2) is 28.1 Å². The number of H-pyrrole nitrogens is 1. The Morgan fingerprint density at radius 1 is 1.26 bits per heavy atom. The number of nitrogens with zero attached hydrogens (tertiary/aromatic N) is 2. The van der Waals surface area contributed by atoms with Gasteiger partial charge in [0.15, 0.2) is 17.3 Å². The summed E-state index contributed by atoms with van der Waals surface area (Å²) >= 11 is 8.93. The molecule has 2 aromatic carbocycles. The first-order valence-electron chi connectivity index (χ1n) is 8.49. The molecular weight excluding hydrogens is 428 g/mol. The number of benzene rings is 2. The van der Waals surface area contributed by atoms with Gasteiger partial charge in [-0.05, 0) is 59.7 Å². The van der Waals surface area contributed by atoms with Gasteiger partial charge in [0.05, 0.1) is 24.2 Å². The third kappa shape index (κ3) is 4.51. The van der Waals surface area contributed by atoms with Crippen LogP contribution >= 0.6 is 28.1 Å². The predicted molar refractivity (Wildman–Crippen MR) is 112 cm³/mol. The summed E-state index contributed by atoms with van der Waals surface area (Å²) in [5, 5.41) is 7.16. The van der Waals surface area contributed by atoms with E-state index < -0.39 is 0 Å². The van der Waals surface area contributed by atoms with Crippen molar-refractivity contribution in [3.05, 3.63) is 57.3 Å². The Hall–Kier alpha value is -2.32. The lowest BCUT2D eigenvalue weighted by molar-refractivity contribution is 0.228. The van der Waals surface area contributed by atoms with Crippen LogP contribution in [0, 0.1) is 4.77 Å². The number of halogens is 1. The molecule has 0 aliphatic heterocycles. The molecule has 1 heterocycles. The fourth-order valence-electron chi connectivity index (χ4n) is 2.62. The summed E-state index contributed by atoms with van der Waals surface area (Å²) < 4.78 is 14.4. The molecule has 142 valence electrons. The van der Waals surface area contributed by atoms with E-state index in [2.05, 4.69) is 31.6 Å². The molecule has 0 atom stereocenters. The SMILES string of the molecule is COc1cc(CNn2c(-c3ccccc3)n[nH]c2=S)cc(Br)c1OC(C)C. The van der Waals surface area contributed by atoms with Crippen LogP contribution in [0.1, 0.15) is 19.4 Å². The number of aromatic nitrogens is 3. The highest BCUT2D eigenvalue weighted by atomic mass is 79.9. The Labute approximate surface area is 171 Å². The molecule has 0 fully saturated rings. The van der Waals surface area contributed by atoms with Gasteiger partial charge in [-0.25, -0.2) is 9.77 Å². The van der Waals surface area contributed by atoms with Crippen LogP contribution in [0.4, 0.5) is 0 Å². The van der Waals surface area contributed by atoms with Crippen LogP contribution in [0.5, 0.6) is 11.5 Å². The number of hydrogen-bond acceptors (Lipinski definition) is 5. The topological polar surface area (TPSA) is 64.1 Å². The average Bonchev–Trinajstić information content (AvgIpc) is 3.02. The Bertz CT molecular complexity index is 970. The van der Waals surface area contributed by atoms with E-state index in [0.29, 0.717) is 22.8 Å². The Balaban J connectivity index is 1.85. The molecule has 0 saturated carbocycles. The van der Waals surface area contributed by atoms with Crippen molar-refractivity contribution >= 4 is 28.1 Å². The number of nitrogens with one attached hydrogen (secondary N) is 2. The fraction of sp³-hybridized carbons (Fsp3) is 0.263. The number of hydrogen-bond donors (Lipinski definition) is 2. The van der Waals surface area contributed by atoms with E-state index in [1.54, 1.807) is 11.8 Å². The van der Waals surface area contributed by atoms with Crippen molar-refractivity contribution in [2.75, 3.05) is 12.5 Å². The normalized spacial score (nSPS) is 10.9. The van der Waals surface area contributed by atoms with Crippen molar-refractivity contribution in [2.24, 2.45) is 0 Å². The van der Waals surface area contributed by atoms with Crippen molar-refractivity contribution in [2.45, 2.75) is 26.5 Å². The van der Waals surface area contributed by atoms with Gasteiger partial charge >= 0.3 is 0 Å². The molecule has 0 spiro atoms. The second-order valence-corrected chi connectivity index (χ2v) is 7.41. The van der Waals surface area contributed by atoms with Gasteiger partial charge in [0.2, 0.25) is 4.77 Å². The van der Waals surface area contributed by atoms with Crippen molar-refractivity contribution in [1.82, 2.24) is 14.9 Å². The Morgan fingerprint density at radius 3 is 2.67 bits per heavy atom. The summed E-state index contributed by atoms with van der Waals surface area (Å²) in [6, 6.07) is 13.8. The second-order valence-electron chi connectivity index (χ2n) is 6.16. The summed E-state index contributed by atoms with van der Waals surface area (Å²) in [4.78, 5) is 0. The van der Waals surface area contributed by atoms with Gasteiger partial charge < -0.3 is 14.9 Å². The molecule has 0 amide bonds. The molecule has 0 radical (unpaired) electrons. The van der Waals surface area contributed by atoms with Crippen molar-refractivity contribution in [3.63, 3.8) is 0 Å². The van der Waals surface area contributed by atoms with Crippen LogP contribution in [0.15, 0.2) is 46.9 Å². The number of methoxy groups -OCH3 is 1. The van der Waals surface area contributed by atoms with Crippen molar-refractivity contribution < 1.29 is 9.47 Å². The first-order chi connectivity index (χ1) is 13.0. The van der Waals surface area contributed by atoms with E-state index in [0.717, 1.165) is 21.4 Å². The van der Waals surface area contributed by atoms with Crippen LogP contribution in [0.3, 0.4) is 0 Å². The van der Waals surface area contributed by atoms with E-state index >= 15 is 0 Å². The number of aromatic amines is 1. The minimum atomic E-state index is 0.0527. The largest absolute Gasteiger partial charge is 0.493 e. The van der Waals surface area contributed by atoms with Gasteiger partial charge in [-0.3, -0.25) is 0 Å². The van der Waals surface area contributed by atoms with Gasteiger partial charge in [-0.1, -0.05) is 30.3 Å². The highest BCUT2D eigenvalue weighted by molar-refractivity contribution is 9.10. The summed E-state index contributed by atoms with van der Waals surface area (Å²) in [6.45, 7) is 4.49. The van der Waals surface area contributed by atoms with Crippen LogP contribution < -0.4 is 14.9 Å². The van der Waals surface area contributed by atoms with Gasteiger partial charge in [-0.15, -0.1) is 0 Å². The summed E-state index contributed by atoms with van der Waals surface area (Å²) in [5.74, 6) is 2.10. The van der Waals surface area contributed by atoms with E-state index in [1.807, 2.05) is 56.3 Å². The molecule has 6 nitrogen and oxygen atoms in total. The van der Waals surface area contributed by atoms with E-state index in [-0.39, 0.29) is 6.10 Å². The van der Waals surface area contributed by atoms with E-state index in [4.69, 9.17) is 21.7 Å². The average molecular weight is 449 g/mol. The van der Waals surface area contributed by atoms with Crippen molar-refractivity contribution in [3.8, 4) is 22.9 Å². The summed E-state index contributed by atoms with van der Waals surface area (Å²) in [5.41, 5.74) is 5.30. The highest BCUT2D eigenvalue weighted by Crippen LogP contribution is 2.37.